The van der Waals surface area contributed by atoms with Gasteiger partial charge >= 0.3 is 5.97 Å². The van der Waals surface area contributed by atoms with Gasteiger partial charge in [-0.05, 0) is 83.5 Å². The topological polar surface area (TPSA) is 37.3 Å². The van der Waals surface area contributed by atoms with Crippen molar-refractivity contribution in [2.24, 2.45) is 22.2 Å². The Morgan fingerprint density at radius 1 is 1.14 bits per heavy atom. The number of carbonyl (C=O) groups is 1. The second kappa shape index (κ2) is 7.45. The van der Waals surface area contributed by atoms with Gasteiger partial charge in [-0.3, -0.25) is 0 Å². The molecule has 0 aromatic rings. The SMILES string of the molecule is CC(/C=C/C=C1\CCC(C)(C)C2=C1C(C)(C)C1CCC(C)(C)CC1=C2)=C\C(=O)O. The maximum atomic E-state index is 10.9. The molecule has 0 heterocycles. The minimum absolute atomic E-state index is 0.138. The highest BCUT2D eigenvalue weighted by Gasteiger charge is 2.48. The Kier molecular flexibility index (Phi) is 5.62. The van der Waals surface area contributed by atoms with E-state index in [1.54, 1.807) is 11.1 Å². The molecule has 1 atom stereocenters. The van der Waals surface area contributed by atoms with Crippen LogP contribution in [-0.2, 0) is 4.79 Å². The highest BCUT2D eigenvalue weighted by Crippen LogP contribution is 2.60. The summed E-state index contributed by atoms with van der Waals surface area (Å²) in [5.74, 6) is -0.264. The van der Waals surface area contributed by atoms with Crippen molar-refractivity contribution in [2.75, 3.05) is 0 Å². The molecule has 0 aromatic carbocycles. The van der Waals surface area contributed by atoms with E-state index in [0.717, 1.165) is 18.4 Å². The molecule has 29 heavy (non-hydrogen) atoms. The summed E-state index contributed by atoms with van der Waals surface area (Å²) < 4.78 is 0. The Morgan fingerprint density at radius 3 is 2.48 bits per heavy atom. The Labute approximate surface area is 177 Å². The first-order valence-corrected chi connectivity index (χ1v) is 11.1. The van der Waals surface area contributed by atoms with E-state index in [9.17, 15) is 4.79 Å². The van der Waals surface area contributed by atoms with Crippen LogP contribution >= 0.6 is 0 Å². The highest BCUT2D eigenvalue weighted by molar-refractivity contribution is 5.81. The first kappa shape index (κ1) is 21.9. The van der Waals surface area contributed by atoms with Gasteiger partial charge in [-0.2, -0.15) is 0 Å². The van der Waals surface area contributed by atoms with Gasteiger partial charge in [-0.1, -0.05) is 71.4 Å². The maximum absolute atomic E-state index is 10.9. The van der Waals surface area contributed by atoms with Crippen LogP contribution in [0.2, 0.25) is 0 Å². The first-order chi connectivity index (χ1) is 13.3. The van der Waals surface area contributed by atoms with Gasteiger partial charge in [0.2, 0.25) is 0 Å². The molecule has 2 nitrogen and oxygen atoms in total. The third kappa shape index (κ3) is 4.37. The number of aliphatic carboxylic acids is 1. The Hall–Kier alpha value is -1.83. The van der Waals surface area contributed by atoms with Crippen molar-refractivity contribution in [3.63, 3.8) is 0 Å². The largest absolute Gasteiger partial charge is 0.478 e. The molecule has 1 unspecified atom stereocenters. The second-order valence-corrected chi connectivity index (χ2v) is 11.3. The summed E-state index contributed by atoms with van der Waals surface area (Å²) in [5, 5.41) is 8.92. The van der Waals surface area contributed by atoms with Gasteiger partial charge in [0.25, 0.3) is 0 Å². The summed E-state index contributed by atoms with van der Waals surface area (Å²) in [6.07, 6.45) is 16.0. The average molecular weight is 395 g/mol. The quantitative estimate of drug-likeness (QED) is 0.400. The Morgan fingerprint density at radius 2 is 1.83 bits per heavy atom. The molecule has 0 saturated heterocycles. The number of carboxylic acids is 1. The molecule has 0 aromatic heterocycles. The lowest BCUT2D eigenvalue weighted by Crippen LogP contribution is -2.40. The first-order valence-electron chi connectivity index (χ1n) is 11.1. The van der Waals surface area contributed by atoms with Crippen LogP contribution < -0.4 is 0 Å². The van der Waals surface area contributed by atoms with Crippen LogP contribution in [0.3, 0.4) is 0 Å². The zero-order valence-electron chi connectivity index (χ0n) is 19.4. The Bertz CT molecular complexity index is 853. The second-order valence-electron chi connectivity index (χ2n) is 11.3. The molecule has 1 N–H and O–H groups in total. The molecule has 2 heteroatoms. The summed E-state index contributed by atoms with van der Waals surface area (Å²) >= 11 is 0. The summed E-state index contributed by atoms with van der Waals surface area (Å²) in [6, 6.07) is 0. The number of hydrogen-bond donors (Lipinski definition) is 1. The predicted molar refractivity (Wildman–Crippen MR) is 122 cm³/mol. The molecule has 1 fully saturated rings. The molecular formula is C27H38O2. The maximum Gasteiger partial charge on any atom is 0.328 e. The monoisotopic (exact) mass is 394 g/mol. The van der Waals surface area contributed by atoms with Crippen LogP contribution in [-0.4, -0.2) is 11.1 Å². The molecular weight excluding hydrogens is 356 g/mol. The molecule has 3 aliphatic rings. The molecule has 0 amide bonds. The van der Waals surface area contributed by atoms with Crippen LogP contribution in [0, 0.1) is 22.2 Å². The molecule has 0 radical (unpaired) electrons. The smallest absolute Gasteiger partial charge is 0.328 e. The lowest BCUT2D eigenvalue weighted by atomic mass is 9.52. The fourth-order valence-electron chi connectivity index (χ4n) is 5.79. The van der Waals surface area contributed by atoms with Gasteiger partial charge < -0.3 is 5.11 Å². The molecule has 1 saturated carbocycles. The summed E-state index contributed by atoms with van der Waals surface area (Å²) in [5.41, 5.74) is 7.69. The summed E-state index contributed by atoms with van der Waals surface area (Å²) in [7, 11) is 0. The van der Waals surface area contributed by atoms with Crippen LogP contribution in [0.5, 0.6) is 0 Å². The van der Waals surface area contributed by atoms with Crippen LogP contribution in [0.1, 0.15) is 80.6 Å². The van der Waals surface area contributed by atoms with Gasteiger partial charge in [0.05, 0.1) is 0 Å². The number of carboxylic acid groups (broad SMARTS) is 1. The van der Waals surface area contributed by atoms with Gasteiger partial charge in [-0.25, -0.2) is 4.79 Å². The van der Waals surface area contributed by atoms with Crippen molar-refractivity contribution in [1.29, 1.82) is 0 Å². The third-order valence-electron chi connectivity index (χ3n) is 7.43. The van der Waals surface area contributed by atoms with Crippen molar-refractivity contribution in [3.8, 4) is 0 Å². The fraction of sp³-hybridized carbons (Fsp3) is 0.593. The van der Waals surface area contributed by atoms with Gasteiger partial charge in [0.15, 0.2) is 0 Å². The minimum Gasteiger partial charge on any atom is -0.478 e. The highest BCUT2D eigenvalue weighted by atomic mass is 16.4. The third-order valence-corrected chi connectivity index (χ3v) is 7.43. The summed E-state index contributed by atoms with van der Waals surface area (Å²) in [4.78, 5) is 10.9. The van der Waals surface area contributed by atoms with E-state index in [4.69, 9.17) is 5.11 Å². The predicted octanol–water partition coefficient (Wildman–Crippen LogP) is 7.41. The van der Waals surface area contributed by atoms with Crippen molar-refractivity contribution in [2.45, 2.75) is 80.6 Å². The number of hydrogen-bond acceptors (Lipinski definition) is 1. The lowest BCUT2D eigenvalue weighted by molar-refractivity contribution is -0.131. The van der Waals surface area contributed by atoms with E-state index >= 15 is 0 Å². The van der Waals surface area contributed by atoms with Crippen molar-refractivity contribution in [3.05, 3.63) is 58.2 Å². The van der Waals surface area contributed by atoms with Crippen molar-refractivity contribution < 1.29 is 9.90 Å². The van der Waals surface area contributed by atoms with Gasteiger partial charge in [-0.15, -0.1) is 0 Å². The molecule has 0 spiro atoms. The lowest BCUT2D eigenvalue weighted by Gasteiger charge is -2.52. The number of rotatable bonds is 3. The van der Waals surface area contributed by atoms with Crippen LogP contribution in [0.4, 0.5) is 0 Å². The fourth-order valence-corrected chi connectivity index (χ4v) is 5.79. The van der Waals surface area contributed by atoms with Crippen LogP contribution in [0.25, 0.3) is 0 Å². The Balaban J connectivity index is 2.07. The van der Waals surface area contributed by atoms with E-state index in [0.29, 0.717) is 11.3 Å². The molecule has 158 valence electrons. The molecule has 3 aliphatic carbocycles. The zero-order valence-corrected chi connectivity index (χ0v) is 19.4. The van der Waals surface area contributed by atoms with E-state index < -0.39 is 5.97 Å². The van der Waals surface area contributed by atoms with Crippen LogP contribution in [0.15, 0.2) is 58.2 Å². The molecule has 0 aliphatic heterocycles. The van der Waals surface area contributed by atoms with E-state index in [-0.39, 0.29) is 10.8 Å². The molecule has 3 rings (SSSR count). The number of fused-ring (bicyclic) bond motifs is 1. The standard InChI is InChI=1S/C27H38O2/c1-18(15-23(28)29)9-8-10-19-11-14-26(4,5)22-16-20-17-25(2,3)13-12-21(20)27(6,7)24(19)22/h8-10,15-16,21H,11-14,17H2,1-7H3,(H,28,29)/b9-8+,18-15+,19-10+. The minimum atomic E-state index is -0.893. The van der Waals surface area contributed by atoms with E-state index in [1.165, 1.54) is 36.5 Å². The summed E-state index contributed by atoms with van der Waals surface area (Å²) in [6.45, 7) is 16.4. The zero-order chi connectivity index (χ0) is 21.6. The number of allylic oxidation sites excluding steroid dienone is 9. The van der Waals surface area contributed by atoms with Gasteiger partial charge in [0.1, 0.15) is 0 Å². The molecule has 0 bridgehead atoms. The van der Waals surface area contributed by atoms with E-state index in [1.807, 2.05) is 19.1 Å². The van der Waals surface area contributed by atoms with Gasteiger partial charge in [0, 0.05) is 6.08 Å². The van der Waals surface area contributed by atoms with E-state index in [2.05, 4.69) is 53.7 Å². The average Bonchev–Trinajstić information content (AvgIpc) is 2.55. The van der Waals surface area contributed by atoms with Crippen molar-refractivity contribution >= 4 is 5.97 Å². The van der Waals surface area contributed by atoms with Crippen molar-refractivity contribution in [1.82, 2.24) is 0 Å². The normalized spacial score (nSPS) is 29.5.